The van der Waals surface area contributed by atoms with Crippen LogP contribution in [0.5, 0.6) is 0 Å². The standard InChI is InChI=1S/C15H14BrN3S/c16-14-6-5-11(20-14)9-13(19-17)15-12-4-2-1-3-10(12)7-8-18-15/h1-8,13,19H,9,17H2. The van der Waals surface area contributed by atoms with Crippen LogP contribution in [0.1, 0.15) is 16.6 Å². The minimum Gasteiger partial charge on any atom is -0.271 e. The van der Waals surface area contributed by atoms with Crippen LogP contribution in [0.25, 0.3) is 10.8 Å². The van der Waals surface area contributed by atoms with Gasteiger partial charge in [-0.1, -0.05) is 24.3 Å². The molecule has 3 aromatic rings. The van der Waals surface area contributed by atoms with E-state index in [9.17, 15) is 0 Å². The number of thiophene rings is 1. The molecule has 0 bridgehead atoms. The molecule has 0 fully saturated rings. The third kappa shape index (κ3) is 2.76. The Morgan fingerprint density at radius 1 is 1.20 bits per heavy atom. The molecule has 0 amide bonds. The third-order valence-electron chi connectivity index (χ3n) is 3.27. The highest BCUT2D eigenvalue weighted by molar-refractivity contribution is 9.11. The summed E-state index contributed by atoms with van der Waals surface area (Å²) in [6.45, 7) is 0. The summed E-state index contributed by atoms with van der Waals surface area (Å²) < 4.78 is 1.13. The van der Waals surface area contributed by atoms with E-state index in [0.717, 1.165) is 21.3 Å². The lowest BCUT2D eigenvalue weighted by molar-refractivity contribution is 0.546. The van der Waals surface area contributed by atoms with Gasteiger partial charge in [0.25, 0.3) is 0 Å². The Balaban J connectivity index is 1.98. The van der Waals surface area contributed by atoms with E-state index >= 15 is 0 Å². The first kappa shape index (κ1) is 13.7. The summed E-state index contributed by atoms with van der Waals surface area (Å²) in [6, 6.07) is 14.5. The molecule has 1 unspecified atom stereocenters. The van der Waals surface area contributed by atoms with Gasteiger partial charge in [0.15, 0.2) is 0 Å². The number of nitrogens with zero attached hydrogens (tertiary/aromatic N) is 1. The molecular weight excluding hydrogens is 334 g/mol. The monoisotopic (exact) mass is 347 g/mol. The normalized spacial score (nSPS) is 12.7. The van der Waals surface area contributed by atoms with Gasteiger partial charge in [-0.05, 0) is 39.5 Å². The molecule has 0 saturated carbocycles. The SMILES string of the molecule is NNC(Cc1ccc(Br)s1)c1nccc2ccccc12. The molecule has 5 heteroatoms. The molecule has 2 aromatic heterocycles. The van der Waals surface area contributed by atoms with E-state index in [1.165, 1.54) is 10.3 Å². The van der Waals surface area contributed by atoms with Crippen molar-refractivity contribution in [2.75, 3.05) is 0 Å². The van der Waals surface area contributed by atoms with Crippen LogP contribution >= 0.6 is 27.3 Å². The highest BCUT2D eigenvalue weighted by Crippen LogP contribution is 2.28. The molecule has 3 N–H and O–H groups in total. The van der Waals surface area contributed by atoms with Crippen LogP contribution in [0.2, 0.25) is 0 Å². The van der Waals surface area contributed by atoms with Crippen LogP contribution in [-0.4, -0.2) is 4.98 Å². The van der Waals surface area contributed by atoms with Crippen LogP contribution in [0.3, 0.4) is 0 Å². The zero-order chi connectivity index (χ0) is 13.9. The molecule has 102 valence electrons. The lowest BCUT2D eigenvalue weighted by Crippen LogP contribution is -2.30. The number of benzene rings is 1. The summed E-state index contributed by atoms with van der Waals surface area (Å²) in [4.78, 5) is 5.80. The first-order valence-corrected chi connectivity index (χ1v) is 7.93. The van der Waals surface area contributed by atoms with Gasteiger partial charge >= 0.3 is 0 Å². The van der Waals surface area contributed by atoms with Gasteiger partial charge < -0.3 is 0 Å². The van der Waals surface area contributed by atoms with E-state index in [4.69, 9.17) is 5.84 Å². The topological polar surface area (TPSA) is 50.9 Å². The lowest BCUT2D eigenvalue weighted by Gasteiger charge is -2.16. The molecule has 2 heterocycles. The summed E-state index contributed by atoms with van der Waals surface area (Å²) in [5, 5.41) is 2.33. The molecule has 20 heavy (non-hydrogen) atoms. The van der Waals surface area contributed by atoms with E-state index in [1.807, 2.05) is 24.4 Å². The second kappa shape index (κ2) is 6.01. The first-order chi connectivity index (χ1) is 9.78. The van der Waals surface area contributed by atoms with Crippen molar-refractivity contribution in [3.8, 4) is 0 Å². The highest BCUT2D eigenvalue weighted by Gasteiger charge is 2.16. The highest BCUT2D eigenvalue weighted by atomic mass is 79.9. The van der Waals surface area contributed by atoms with E-state index < -0.39 is 0 Å². The van der Waals surface area contributed by atoms with Gasteiger partial charge in [0, 0.05) is 22.9 Å². The van der Waals surface area contributed by atoms with E-state index in [2.05, 4.69) is 50.6 Å². The van der Waals surface area contributed by atoms with Crippen LogP contribution in [0, 0.1) is 0 Å². The zero-order valence-electron chi connectivity index (χ0n) is 10.7. The smallest absolute Gasteiger partial charge is 0.0701 e. The Labute approximate surface area is 129 Å². The molecule has 3 nitrogen and oxygen atoms in total. The average Bonchev–Trinajstić information content (AvgIpc) is 2.89. The van der Waals surface area contributed by atoms with E-state index in [0.29, 0.717) is 0 Å². The van der Waals surface area contributed by atoms with Crippen LogP contribution < -0.4 is 11.3 Å². The second-order valence-electron chi connectivity index (χ2n) is 4.55. The Hall–Kier alpha value is -1.27. The number of fused-ring (bicyclic) bond motifs is 1. The summed E-state index contributed by atoms with van der Waals surface area (Å²) >= 11 is 5.22. The summed E-state index contributed by atoms with van der Waals surface area (Å²) in [5.74, 6) is 5.75. The van der Waals surface area contributed by atoms with Gasteiger partial charge in [-0.2, -0.15) is 0 Å². The molecule has 0 aliphatic heterocycles. The van der Waals surface area contributed by atoms with E-state index in [-0.39, 0.29) is 6.04 Å². The van der Waals surface area contributed by atoms with Crippen molar-refractivity contribution in [2.24, 2.45) is 5.84 Å². The number of nitrogens with two attached hydrogens (primary N) is 1. The number of halogens is 1. The summed E-state index contributed by atoms with van der Waals surface area (Å²) in [7, 11) is 0. The summed E-state index contributed by atoms with van der Waals surface area (Å²) in [5.41, 5.74) is 3.89. The number of hydrogen-bond donors (Lipinski definition) is 2. The minimum absolute atomic E-state index is 0.00616. The zero-order valence-corrected chi connectivity index (χ0v) is 13.1. The molecular formula is C15H14BrN3S. The second-order valence-corrected chi connectivity index (χ2v) is 7.09. The van der Waals surface area contributed by atoms with Gasteiger partial charge in [0.1, 0.15) is 0 Å². The average molecular weight is 348 g/mol. The largest absolute Gasteiger partial charge is 0.271 e. The number of pyridine rings is 1. The predicted octanol–water partition coefficient (Wildman–Crippen LogP) is 3.81. The van der Waals surface area contributed by atoms with Crippen molar-refractivity contribution in [3.05, 3.63) is 63.0 Å². The number of hydrogen-bond acceptors (Lipinski definition) is 4. The van der Waals surface area contributed by atoms with Gasteiger partial charge in [-0.3, -0.25) is 16.3 Å². The molecule has 0 saturated heterocycles. The molecule has 1 aromatic carbocycles. The lowest BCUT2D eigenvalue weighted by atomic mass is 10.0. The number of rotatable bonds is 4. The first-order valence-electron chi connectivity index (χ1n) is 6.32. The van der Waals surface area contributed by atoms with Crippen molar-refractivity contribution < 1.29 is 0 Å². The fraction of sp³-hybridized carbons (Fsp3) is 0.133. The van der Waals surface area contributed by atoms with Crippen molar-refractivity contribution in [1.82, 2.24) is 10.4 Å². The maximum atomic E-state index is 5.75. The maximum Gasteiger partial charge on any atom is 0.0701 e. The molecule has 0 radical (unpaired) electrons. The fourth-order valence-electron chi connectivity index (χ4n) is 2.32. The van der Waals surface area contributed by atoms with Crippen LogP contribution in [0.4, 0.5) is 0 Å². The van der Waals surface area contributed by atoms with Crippen LogP contribution in [0.15, 0.2) is 52.4 Å². The molecule has 1 atom stereocenters. The van der Waals surface area contributed by atoms with Crippen LogP contribution in [-0.2, 0) is 6.42 Å². The Kier molecular flexibility index (Phi) is 4.12. The third-order valence-corrected chi connectivity index (χ3v) is 4.92. The van der Waals surface area contributed by atoms with Gasteiger partial charge in [-0.25, -0.2) is 0 Å². The number of hydrazine groups is 1. The number of nitrogens with one attached hydrogen (secondary N) is 1. The molecule has 0 aliphatic rings. The predicted molar refractivity (Wildman–Crippen MR) is 87.5 cm³/mol. The van der Waals surface area contributed by atoms with Crippen molar-refractivity contribution in [2.45, 2.75) is 12.5 Å². The molecule has 3 rings (SSSR count). The van der Waals surface area contributed by atoms with E-state index in [1.54, 1.807) is 11.3 Å². The number of aromatic nitrogens is 1. The Morgan fingerprint density at radius 2 is 2.05 bits per heavy atom. The molecule has 0 aliphatic carbocycles. The Bertz CT molecular complexity index is 720. The quantitative estimate of drug-likeness (QED) is 0.557. The van der Waals surface area contributed by atoms with Crippen molar-refractivity contribution >= 4 is 38.0 Å². The maximum absolute atomic E-state index is 5.75. The fourth-order valence-corrected chi connectivity index (χ4v) is 3.85. The van der Waals surface area contributed by atoms with Crippen molar-refractivity contribution in [3.63, 3.8) is 0 Å². The molecule has 0 spiro atoms. The minimum atomic E-state index is 0.00616. The summed E-state index contributed by atoms with van der Waals surface area (Å²) in [6.07, 6.45) is 2.67. The van der Waals surface area contributed by atoms with Crippen molar-refractivity contribution in [1.29, 1.82) is 0 Å². The Morgan fingerprint density at radius 3 is 2.80 bits per heavy atom. The van der Waals surface area contributed by atoms with Gasteiger partial charge in [-0.15, -0.1) is 11.3 Å². The van der Waals surface area contributed by atoms with Gasteiger partial charge in [0.2, 0.25) is 0 Å². The van der Waals surface area contributed by atoms with Gasteiger partial charge in [0.05, 0.1) is 15.5 Å².